The molecule has 1 amide bonds. The summed E-state index contributed by atoms with van der Waals surface area (Å²) in [5.74, 6) is -0.171. The number of rotatable bonds is 7. The summed E-state index contributed by atoms with van der Waals surface area (Å²) in [6.45, 7) is 3.66. The molecule has 0 radical (unpaired) electrons. The van der Waals surface area contributed by atoms with Gasteiger partial charge in [-0.3, -0.25) is 9.48 Å². The van der Waals surface area contributed by atoms with Gasteiger partial charge in [0.05, 0.1) is 17.9 Å². The maximum atomic E-state index is 12.5. The van der Waals surface area contributed by atoms with Crippen molar-refractivity contribution >= 4 is 40.0 Å². The highest BCUT2D eigenvalue weighted by atomic mass is 16.3. The first-order chi connectivity index (χ1) is 17.9. The van der Waals surface area contributed by atoms with Crippen molar-refractivity contribution in [2.75, 3.05) is 33.9 Å². The van der Waals surface area contributed by atoms with Gasteiger partial charge in [0.15, 0.2) is 0 Å². The van der Waals surface area contributed by atoms with Gasteiger partial charge in [-0.1, -0.05) is 0 Å². The van der Waals surface area contributed by atoms with Crippen LogP contribution in [-0.4, -0.2) is 40.0 Å². The first-order valence-corrected chi connectivity index (χ1v) is 12.5. The fourth-order valence-corrected chi connectivity index (χ4v) is 4.41. The lowest BCUT2D eigenvalue weighted by Crippen LogP contribution is -2.35. The molecule has 3 aromatic carbocycles. The summed E-state index contributed by atoms with van der Waals surface area (Å²) in [4.78, 5) is 14.8. The van der Waals surface area contributed by atoms with Gasteiger partial charge in [-0.25, -0.2) is 0 Å². The van der Waals surface area contributed by atoms with Crippen LogP contribution in [0.15, 0.2) is 79.0 Å². The molecule has 190 valence electrons. The molecule has 0 bridgehead atoms. The number of piperidine rings is 1. The standard InChI is InChI=1S/C29H32N6O2/c1-20-28(19-30-34(20)2)29(37)33-25-9-7-23(8-10-25)31-21-3-5-22(6-4-21)32-24-11-13-26(14-12-24)35-17-15-27(36)16-18-35/h3-14,19,27,31-32,36H,15-18H2,1-2H3,(H,33,37). The first-order valence-electron chi connectivity index (χ1n) is 12.5. The third kappa shape index (κ3) is 5.92. The van der Waals surface area contributed by atoms with Crippen LogP contribution in [-0.2, 0) is 7.05 Å². The Hall–Kier alpha value is -4.30. The summed E-state index contributed by atoms with van der Waals surface area (Å²) in [5.41, 5.74) is 7.23. The summed E-state index contributed by atoms with van der Waals surface area (Å²) in [6.07, 6.45) is 3.07. The summed E-state index contributed by atoms with van der Waals surface area (Å²) in [7, 11) is 1.82. The van der Waals surface area contributed by atoms with Crippen LogP contribution in [0.2, 0.25) is 0 Å². The molecule has 8 nitrogen and oxygen atoms in total. The topological polar surface area (TPSA) is 94.5 Å². The van der Waals surface area contributed by atoms with E-state index in [0.29, 0.717) is 5.56 Å². The summed E-state index contributed by atoms with van der Waals surface area (Å²) < 4.78 is 1.68. The van der Waals surface area contributed by atoms with E-state index in [1.807, 2.05) is 62.5 Å². The molecule has 8 heteroatoms. The number of carbonyl (C=O) groups excluding carboxylic acids is 1. The number of carbonyl (C=O) groups is 1. The van der Waals surface area contributed by atoms with Crippen LogP contribution < -0.4 is 20.9 Å². The predicted molar refractivity (Wildman–Crippen MR) is 149 cm³/mol. The number of nitrogens with zero attached hydrogens (tertiary/aromatic N) is 3. The van der Waals surface area contributed by atoms with Crippen LogP contribution in [0.5, 0.6) is 0 Å². The van der Waals surface area contributed by atoms with Gasteiger partial charge in [0.1, 0.15) is 0 Å². The van der Waals surface area contributed by atoms with Crippen molar-refractivity contribution in [1.29, 1.82) is 0 Å². The second-order valence-electron chi connectivity index (χ2n) is 9.39. The number of hydrogen-bond donors (Lipinski definition) is 4. The molecule has 1 fully saturated rings. The smallest absolute Gasteiger partial charge is 0.259 e. The molecule has 1 aliphatic rings. The molecule has 1 aliphatic heterocycles. The van der Waals surface area contributed by atoms with Crippen LogP contribution in [0.4, 0.5) is 34.1 Å². The number of aromatic nitrogens is 2. The number of benzene rings is 3. The van der Waals surface area contributed by atoms with Crippen molar-refractivity contribution in [1.82, 2.24) is 9.78 Å². The third-order valence-corrected chi connectivity index (χ3v) is 6.78. The highest BCUT2D eigenvalue weighted by molar-refractivity contribution is 6.05. The summed E-state index contributed by atoms with van der Waals surface area (Å²) >= 11 is 0. The lowest BCUT2D eigenvalue weighted by Gasteiger charge is -2.31. The van der Waals surface area contributed by atoms with Crippen molar-refractivity contribution in [3.8, 4) is 0 Å². The normalized spacial score (nSPS) is 13.9. The van der Waals surface area contributed by atoms with Crippen LogP contribution in [0, 0.1) is 6.92 Å². The Balaban J connectivity index is 1.14. The molecule has 37 heavy (non-hydrogen) atoms. The molecule has 0 aliphatic carbocycles. The second kappa shape index (κ2) is 10.8. The second-order valence-corrected chi connectivity index (χ2v) is 9.39. The van der Waals surface area contributed by atoms with Gasteiger partial charge in [-0.15, -0.1) is 0 Å². The zero-order valence-electron chi connectivity index (χ0n) is 21.1. The molecule has 0 saturated carbocycles. The quantitative estimate of drug-likeness (QED) is 0.273. The average molecular weight is 497 g/mol. The molecule has 2 heterocycles. The Bertz CT molecular complexity index is 1340. The number of aliphatic hydroxyl groups is 1. The van der Waals surface area contributed by atoms with Crippen molar-refractivity contribution in [2.45, 2.75) is 25.9 Å². The number of amides is 1. The molecular formula is C29H32N6O2. The van der Waals surface area contributed by atoms with Crippen molar-refractivity contribution < 1.29 is 9.90 Å². The van der Waals surface area contributed by atoms with E-state index in [1.165, 1.54) is 5.69 Å². The number of anilines is 6. The van der Waals surface area contributed by atoms with Gasteiger partial charge in [0.2, 0.25) is 0 Å². The SMILES string of the molecule is Cc1c(C(=O)Nc2ccc(Nc3ccc(Nc4ccc(N5CCC(O)CC5)cc4)cc3)cc2)cnn1C. The van der Waals surface area contributed by atoms with Gasteiger partial charge in [0.25, 0.3) is 5.91 Å². The largest absolute Gasteiger partial charge is 0.393 e. The van der Waals surface area contributed by atoms with Crippen molar-refractivity contribution in [3.63, 3.8) is 0 Å². The highest BCUT2D eigenvalue weighted by Crippen LogP contribution is 2.26. The fourth-order valence-electron chi connectivity index (χ4n) is 4.41. The molecule has 1 saturated heterocycles. The van der Waals surface area contributed by atoms with Gasteiger partial charge < -0.3 is 26.0 Å². The maximum absolute atomic E-state index is 12.5. The molecule has 4 N–H and O–H groups in total. The lowest BCUT2D eigenvalue weighted by atomic mass is 10.1. The Labute approximate surface area is 216 Å². The number of aliphatic hydroxyl groups excluding tert-OH is 1. The Morgan fingerprint density at radius 2 is 1.27 bits per heavy atom. The maximum Gasteiger partial charge on any atom is 0.259 e. The van der Waals surface area contributed by atoms with Crippen LogP contribution in [0.1, 0.15) is 28.9 Å². The Morgan fingerprint density at radius 1 is 0.811 bits per heavy atom. The Kier molecular flexibility index (Phi) is 7.09. The predicted octanol–water partition coefficient (Wildman–Crippen LogP) is 5.43. The van der Waals surface area contributed by atoms with E-state index in [2.05, 4.69) is 50.2 Å². The minimum atomic E-state index is -0.171. The highest BCUT2D eigenvalue weighted by Gasteiger charge is 2.17. The molecule has 5 rings (SSSR count). The lowest BCUT2D eigenvalue weighted by molar-refractivity contribution is 0.102. The molecular weight excluding hydrogens is 464 g/mol. The van der Waals surface area contributed by atoms with Gasteiger partial charge in [-0.05, 0) is 92.6 Å². The average Bonchev–Trinajstić information content (AvgIpc) is 3.25. The van der Waals surface area contributed by atoms with E-state index in [4.69, 9.17) is 0 Å². The molecule has 0 unspecified atom stereocenters. The van der Waals surface area contributed by atoms with E-state index >= 15 is 0 Å². The van der Waals surface area contributed by atoms with Crippen LogP contribution in [0.25, 0.3) is 0 Å². The van der Waals surface area contributed by atoms with E-state index in [0.717, 1.165) is 60.1 Å². The monoisotopic (exact) mass is 496 g/mol. The van der Waals surface area contributed by atoms with E-state index in [-0.39, 0.29) is 12.0 Å². The minimum absolute atomic E-state index is 0.163. The van der Waals surface area contributed by atoms with Gasteiger partial charge >= 0.3 is 0 Å². The number of hydrogen-bond acceptors (Lipinski definition) is 6. The van der Waals surface area contributed by atoms with Crippen molar-refractivity contribution in [3.05, 3.63) is 90.3 Å². The van der Waals surface area contributed by atoms with Gasteiger partial charge in [0, 0.05) is 60.0 Å². The van der Waals surface area contributed by atoms with Crippen molar-refractivity contribution in [2.24, 2.45) is 7.05 Å². The number of nitrogens with one attached hydrogen (secondary N) is 3. The molecule has 4 aromatic rings. The third-order valence-electron chi connectivity index (χ3n) is 6.78. The fraction of sp³-hybridized carbons (Fsp3) is 0.241. The molecule has 0 spiro atoms. The summed E-state index contributed by atoms with van der Waals surface area (Å²) in [6, 6.07) is 24.2. The molecule has 0 atom stereocenters. The van der Waals surface area contributed by atoms with E-state index in [9.17, 15) is 9.90 Å². The summed E-state index contributed by atoms with van der Waals surface area (Å²) in [5, 5.41) is 23.6. The minimum Gasteiger partial charge on any atom is -0.393 e. The zero-order chi connectivity index (χ0) is 25.8. The van der Waals surface area contributed by atoms with Crippen LogP contribution >= 0.6 is 0 Å². The zero-order valence-corrected chi connectivity index (χ0v) is 21.1. The first kappa shape index (κ1) is 24.4. The van der Waals surface area contributed by atoms with Crippen LogP contribution in [0.3, 0.4) is 0 Å². The van der Waals surface area contributed by atoms with E-state index < -0.39 is 0 Å². The number of aryl methyl sites for hydroxylation is 1. The Morgan fingerprint density at radius 3 is 1.73 bits per heavy atom. The molecule has 1 aromatic heterocycles. The van der Waals surface area contributed by atoms with Gasteiger partial charge in [-0.2, -0.15) is 5.10 Å². The van der Waals surface area contributed by atoms with E-state index in [1.54, 1.807) is 10.9 Å².